The van der Waals surface area contributed by atoms with E-state index in [0.29, 0.717) is 5.69 Å². The second kappa shape index (κ2) is 9.40. The largest absolute Gasteiger partial charge is 0.480 e. The van der Waals surface area contributed by atoms with Crippen LogP contribution in [0.15, 0.2) is 18.2 Å². The van der Waals surface area contributed by atoms with Gasteiger partial charge in [0, 0.05) is 31.4 Å². The first kappa shape index (κ1) is 21.7. The smallest absolute Gasteiger partial charge is 0.326 e. The topological polar surface area (TPSA) is 117 Å². The van der Waals surface area contributed by atoms with Crippen LogP contribution in [0.1, 0.15) is 37.6 Å². The van der Waals surface area contributed by atoms with Crippen LogP contribution >= 0.6 is 11.6 Å². The van der Waals surface area contributed by atoms with Crippen LogP contribution in [0.5, 0.6) is 0 Å². The summed E-state index contributed by atoms with van der Waals surface area (Å²) in [5.41, 5.74) is -0.0128. The summed E-state index contributed by atoms with van der Waals surface area (Å²) in [4.78, 5) is 35.5. The summed E-state index contributed by atoms with van der Waals surface area (Å²) in [6.45, 7) is 5.68. The number of hydrogen-bond donors (Lipinski definition) is 4. The van der Waals surface area contributed by atoms with Crippen LogP contribution < -0.4 is 16.0 Å². The molecule has 1 aromatic carbocycles. The number of halogens is 1. The van der Waals surface area contributed by atoms with E-state index in [9.17, 15) is 19.5 Å². The Kier molecular flexibility index (Phi) is 7.85. The molecule has 0 saturated carbocycles. The second-order valence-corrected chi connectivity index (χ2v) is 7.08. The van der Waals surface area contributed by atoms with Crippen LogP contribution in [0.25, 0.3) is 0 Å². The molecule has 0 saturated heterocycles. The van der Waals surface area contributed by atoms with Gasteiger partial charge in [0.25, 0.3) is 5.91 Å². The monoisotopic (exact) mass is 385 g/mol. The Bertz CT molecular complexity index is 673. The first-order valence-electron chi connectivity index (χ1n) is 7.95. The molecule has 0 aliphatic carbocycles. The minimum absolute atomic E-state index is 0.0592. The van der Waals surface area contributed by atoms with E-state index in [4.69, 9.17) is 16.3 Å². The second-order valence-electron chi connectivity index (χ2n) is 6.67. The third-order valence-electron chi connectivity index (χ3n) is 3.17. The number of ether oxygens (including phenoxy) is 1. The SMILES string of the molecule is COCCC(NC(=O)c1cc(NC(=O)NC(C)(C)C)ccc1Cl)C(=O)O. The van der Waals surface area contributed by atoms with E-state index >= 15 is 0 Å². The number of carbonyl (C=O) groups excluding carboxylic acids is 2. The fourth-order valence-electron chi connectivity index (χ4n) is 2.01. The van der Waals surface area contributed by atoms with Crippen molar-refractivity contribution in [1.82, 2.24) is 10.6 Å². The summed E-state index contributed by atoms with van der Waals surface area (Å²) < 4.78 is 4.84. The van der Waals surface area contributed by atoms with Crippen LogP contribution in [0.3, 0.4) is 0 Å². The lowest BCUT2D eigenvalue weighted by Gasteiger charge is -2.21. The van der Waals surface area contributed by atoms with Gasteiger partial charge in [0.2, 0.25) is 0 Å². The first-order chi connectivity index (χ1) is 12.0. The summed E-state index contributed by atoms with van der Waals surface area (Å²) >= 11 is 6.04. The molecule has 0 aromatic heterocycles. The van der Waals surface area contributed by atoms with Gasteiger partial charge in [-0.2, -0.15) is 0 Å². The van der Waals surface area contributed by atoms with Gasteiger partial charge in [0.05, 0.1) is 10.6 Å². The van der Waals surface area contributed by atoms with Crippen LogP contribution in [-0.2, 0) is 9.53 Å². The Labute approximate surface area is 157 Å². The van der Waals surface area contributed by atoms with E-state index in [1.54, 1.807) is 6.07 Å². The maximum atomic E-state index is 12.4. The van der Waals surface area contributed by atoms with Crippen molar-refractivity contribution in [2.75, 3.05) is 19.0 Å². The van der Waals surface area contributed by atoms with E-state index in [1.165, 1.54) is 19.2 Å². The molecule has 26 heavy (non-hydrogen) atoms. The Balaban J connectivity index is 2.90. The highest BCUT2D eigenvalue weighted by molar-refractivity contribution is 6.34. The highest BCUT2D eigenvalue weighted by atomic mass is 35.5. The third kappa shape index (κ3) is 7.28. The fourth-order valence-corrected chi connectivity index (χ4v) is 2.21. The van der Waals surface area contributed by atoms with E-state index in [-0.39, 0.29) is 23.6 Å². The van der Waals surface area contributed by atoms with Crippen molar-refractivity contribution in [2.45, 2.75) is 38.8 Å². The third-order valence-corrected chi connectivity index (χ3v) is 3.50. The Morgan fingerprint density at radius 2 is 1.92 bits per heavy atom. The van der Waals surface area contributed by atoms with Gasteiger partial charge in [0.15, 0.2) is 0 Å². The number of carboxylic acids is 1. The fraction of sp³-hybridized carbons (Fsp3) is 0.471. The van der Waals surface area contributed by atoms with Crippen LogP contribution in [0.2, 0.25) is 5.02 Å². The van der Waals surface area contributed by atoms with Gasteiger partial charge < -0.3 is 25.8 Å². The average molecular weight is 386 g/mol. The van der Waals surface area contributed by atoms with Crippen molar-refractivity contribution in [3.05, 3.63) is 28.8 Å². The van der Waals surface area contributed by atoms with Gasteiger partial charge in [-0.1, -0.05) is 11.6 Å². The van der Waals surface area contributed by atoms with Crippen molar-refractivity contribution in [2.24, 2.45) is 0 Å². The van der Waals surface area contributed by atoms with E-state index < -0.39 is 29.5 Å². The minimum Gasteiger partial charge on any atom is -0.480 e. The maximum Gasteiger partial charge on any atom is 0.326 e. The Morgan fingerprint density at radius 3 is 2.46 bits per heavy atom. The molecular formula is C17H24ClN3O5. The van der Waals surface area contributed by atoms with Crippen LogP contribution in [0.4, 0.5) is 10.5 Å². The summed E-state index contributed by atoms with van der Waals surface area (Å²) in [5, 5.41) is 17.0. The molecule has 4 N–H and O–H groups in total. The van der Waals surface area contributed by atoms with Crippen molar-refractivity contribution in [1.29, 1.82) is 0 Å². The van der Waals surface area contributed by atoms with Gasteiger partial charge in [-0.15, -0.1) is 0 Å². The molecule has 0 fully saturated rings. The van der Waals surface area contributed by atoms with Crippen LogP contribution in [-0.4, -0.2) is 48.3 Å². The molecule has 144 valence electrons. The molecule has 8 nitrogen and oxygen atoms in total. The molecule has 1 atom stereocenters. The predicted octanol–water partition coefficient (Wildman–Crippen LogP) is 2.48. The number of hydrogen-bond acceptors (Lipinski definition) is 4. The highest BCUT2D eigenvalue weighted by Crippen LogP contribution is 2.21. The van der Waals surface area contributed by atoms with Crippen molar-refractivity contribution < 1.29 is 24.2 Å². The molecule has 0 radical (unpaired) electrons. The predicted molar refractivity (Wildman–Crippen MR) is 98.7 cm³/mol. The van der Waals surface area contributed by atoms with Gasteiger partial charge in [-0.3, -0.25) is 4.79 Å². The zero-order valence-corrected chi connectivity index (χ0v) is 15.9. The number of methoxy groups -OCH3 is 1. The highest BCUT2D eigenvalue weighted by Gasteiger charge is 2.22. The standard InChI is InChI=1S/C17H24ClN3O5/c1-17(2,3)21-16(25)19-10-5-6-12(18)11(9-10)14(22)20-13(15(23)24)7-8-26-4/h5-6,9,13H,7-8H2,1-4H3,(H,20,22)(H,23,24)(H2,19,21,25). The number of benzene rings is 1. The van der Waals surface area contributed by atoms with E-state index in [2.05, 4.69) is 16.0 Å². The van der Waals surface area contributed by atoms with Gasteiger partial charge in [-0.25, -0.2) is 9.59 Å². The summed E-state index contributed by atoms with van der Waals surface area (Å²) in [7, 11) is 1.44. The lowest BCUT2D eigenvalue weighted by atomic mass is 10.1. The molecule has 0 heterocycles. The van der Waals surface area contributed by atoms with Crippen LogP contribution in [0, 0.1) is 0 Å². The molecule has 1 aromatic rings. The summed E-state index contributed by atoms with van der Waals surface area (Å²) in [5.74, 6) is -1.83. The number of amides is 3. The molecule has 9 heteroatoms. The average Bonchev–Trinajstić information content (AvgIpc) is 2.50. The zero-order chi connectivity index (χ0) is 19.9. The lowest BCUT2D eigenvalue weighted by Crippen LogP contribution is -2.43. The van der Waals surface area contributed by atoms with Gasteiger partial charge in [0.1, 0.15) is 6.04 Å². The van der Waals surface area contributed by atoms with Crippen molar-refractivity contribution >= 4 is 35.2 Å². The van der Waals surface area contributed by atoms with E-state index in [0.717, 1.165) is 0 Å². The molecule has 0 aliphatic rings. The quantitative estimate of drug-likeness (QED) is 0.575. The van der Waals surface area contributed by atoms with Crippen molar-refractivity contribution in [3.8, 4) is 0 Å². The first-order valence-corrected chi connectivity index (χ1v) is 8.32. The lowest BCUT2D eigenvalue weighted by molar-refractivity contribution is -0.139. The molecule has 0 aliphatic heterocycles. The van der Waals surface area contributed by atoms with Crippen molar-refractivity contribution in [3.63, 3.8) is 0 Å². The number of anilines is 1. The molecular weight excluding hydrogens is 362 g/mol. The maximum absolute atomic E-state index is 12.4. The minimum atomic E-state index is -1.18. The van der Waals surface area contributed by atoms with Gasteiger partial charge in [-0.05, 0) is 39.0 Å². The number of rotatable bonds is 7. The number of nitrogens with one attached hydrogen (secondary N) is 3. The summed E-state index contributed by atoms with van der Waals surface area (Å²) in [6, 6.07) is 2.83. The summed E-state index contributed by atoms with van der Waals surface area (Å²) in [6.07, 6.45) is 0.112. The number of aliphatic carboxylic acids is 1. The molecule has 1 rings (SSSR count). The molecule has 0 spiro atoms. The number of carbonyl (C=O) groups is 3. The number of urea groups is 1. The molecule has 3 amide bonds. The van der Waals surface area contributed by atoms with Gasteiger partial charge >= 0.3 is 12.0 Å². The Hall–Kier alpha value is -2.32. The number of carboxylic acid groups (broad SMARTS) is 1. The van der Waals surface area contributed by atoms with E-state index in [1.807, 2.05) is 20.8 Å². The molecule has 1 unspecified atom stereocenters. The zero-order valence-electron chi connectivity index (χ0n) is 15.2. The molecule has 0 bridgehead atoms. The Morgan fingerprint density at radius 1 is 1.27 bits per heavy atom. The normalized spacial score (nSPS) is 12.2.